The highest BCUT2D eigenvalue weighted by Gasteiger charge is 2.24. The average Bonchev–Trinajstić information content (AvgIpc) is 3.25. The van der Waals surface area contributed by atoms with Crippen molar-refractivity contribution in [2.45, 2.75) is 32.7 Å². The van der Waals surface area contributed by atoms with Gasteiger partial charge in [0.15, 0.2) is 5.76 Å². The molecule has 3 heterocycles. The van der Waals surface area contributed by atoms with Crippen molar-refractivity contribution in [3.8, 4) is 0 Å². The van der Waals surface area contributed by atoms with Gasteiger partial charge in [0.05, 0.1) is 18.3 Å². The molecule has 6 heteroatoms. The molecule has 0 unspecified atom stereocenters. The van der Waals surface area contributed by atoms with Crippen LogP contribution in [-0.2, 0) is 19.4 Å². The van der Waals surface area contributed by atoms with Gasteiger partial charge in [0.1, 0.15) is 10.4 Å². The lowest BCUT2D eigenvalue weighted by molar-refractivity contribution is 0.0945. The second kappa shape index (κ2) is 6.16. The minimum Gasteiger partial charge on any atom is -0.453 e. The zero-order valence-corrected chi connectivity index (χ0v) is 15.7. The van der Waals surface area contributed by atoms with Gasteiger partial charge in [-0.05, 0) is 42.9 Å². The SMILES string of the molecule is C[C@H]1CCc2c(sc3ncn(CC(=O)c4cc5ccccc5o4)c(=O)c23)C1. The number of carbonyl (C=O) groups is 1. The predicted molar refractivity (Wildman–Crippen MR) is 106 cm³/mol. The highest BCUT2D eigenvalue weighted by atomic mass is 32.1. The van der Waals surface area contributed by atoms with E-state index in [4.69, 9.17) is 4.42 Å². The number of nitrogens with zero attached hydrogens (tertiary/aromatic N) is 2. The van der Waals surface area contributed by atoms with E-state index < -0.39 is 0 Å². The number of para-hydroxylation sites is 1. The number of Topliss-reactive ketones (excluding diaryl/α,β-unsaturated/α-hetero) is 1. The Morgan fingerprint density at radius 2 is 2.22 bits per heavy atom. The topological polar surface area (TPSA) is 65.1 Å². The number of aryl methyl sites for hydroxylation is 1. The molecule has 27 heavy (non-hydrogen) atoms. The van der Waals surface area contributed by atoms with Gasteiger partial charge in [-0.15, -0.1) is 11.3 Å². The fourth-order valence-electron chi connectivity index (χ4n) is 3.83. The molecule has 5 rings (SSSR count). The summed E-state index contributed by atoms with van der Waals surface area (Å²) in [5.41, 5.74) is 1.68. The molecule has 0 saturated heterocycles. The summed E-state index contributed by atoms with van der Waals surface area (Å²) in [6, 6.07) is 9.21. The van der Waals surface area contributed by atoms with E-state index >= 15 is 0 Å². The summed E-state index contributed by atoms with van der Waals surface area (Å²) in [6.45, 7) is 2.17. The number of furan rings is 1. The Morgan fingerprint density at radius 1 is 1.37 bits per heavy atom. The summed E-state index contributed by atoms with van der Waals surface area (Å²) in [5, 5.41) is 1.57. The van der Waals surface area contributed by atoms with Crippen LogP contribution < -0.4 is 5.56 Å². The molecule has 1 atom stereocenters. The van der Waals surface area contributed by atoms with E-state index in [2.05, 4.69) is 11.9 Å². The van der Waals surface area contributed by atoms with Crippen LogP contribution in [0.2, 0.25) is 0 Å². The minimum atomic E-state index is -0.229. The fraction of sp³-hybridized carbons (Fsp3) is 0.286. The quantitative estimate of drug-likeness (QED) is 0.501. The number of hydrogen-bond donors (Lipinski definition) is 0. The number of hydrogen-bond acceptors (Lipinski definition) is 5. The van der Waals surface area contributed by atoms with E-state index in [9.17, 15) is 9.59 Å². The Labute approximate surface area is 159 Å². The summed E-state index contributed by atoms with van der Waals surface area (Å²) < 4.78 is 7.04. The number of aromatic nitrogens is 2. The van der Waals surface area contributed by atoms with Gasteiger partial charge in [0, 0.05) is 10.3 Å². The number of carbonyl (C=O) groups excluding carboxylic acids is 1. The molecule has 0 amide bonds. The third kappa shape index (κ3) is 2.72. The molecule has 0 fully saturated rings. The van der Waals surface area contributed by atoms with Crippen molar-refractivity contribution >= 4 is 38.3 Å². The van der Waals surface area contributed by atoms with Crippen molar-refractivity contribution in [1.82, 2.24) is 9.55 Å². The van der Waals surface area contributed by atoms with E-state index in [-0.39, 0.29) is 23.6 Å². The monoisotopic (exact) mass is 378 g/mol. The summed E-state index contributed by atoms with van der Waals surface area (Å²) in [4.78, 5) is 32.2. The van der Waals surface area contributed by atoms with Crippen LogP contribution in [0.4, 0.5) is 0 Å². The van der Waals surface area contributed by atoms with Crippen molar-refractivity contribution in [1.29, 1.82) is 0 Å². The Kier molecular flexibility index (Phi) is 3.75. The summed E-state index contributed by atoms with van der Waals surface area (Å²) >= 11 is 1.62. The van der Waals surface area contributed by atoms with Gasteiger partial charge >= 0.3 is 0 Å². The van der Waals surface area contributed by atoms with E-state index in [0.717, 1.165) is 35.0 Å². The lowest BCUT2D eigenvalue weighted by Crippen LogP contribution is -2.25. The second-order valence-electron chi connectivity index (χ2n) is 7.28. The molecule has 3 aromatic heterocycles. The normalized spacial score (nSPS) is 16.7. The van der Waals surface area contributed by atoms with Gasteiger partial charge in [0.25, 0.3) is 5.56 Å². The lowest BCUT2D eigenvalue weighted by atomic mass is 9.89. The first-order valence-electron chi connectivity index (χ1n) is 9.11. The minimum absolute atomic E-state index is 0.0668. The maximum atomic E-state index is 13.0. The molecule has 0 aliphatic heterocycles. The van der Waals surface area contributed by atoms with E-state index in [1.807, 2.05) is 24.3 Å². The van der Waals surface area contributed by atoms with Crippen LogP contribution in [-0.4, -0.2) is 15.3 Å². The lowest BCUT2D eigenvalue weighted by Gasteiger charge is -2.17. The molecule has 5 nitrogen and oxygen atoms in total. The summed E-state index contributed by atoms with van der Waals surface area (Å²) in [5.74, 6) is 0.680. The van der Waals surface area contributed by atoms with Crippen LogP contribution >= 0.6 is 11.3 Å². The van der Waals surface area contributed by atoms with Gasteiger partial charge in [-0.25, -0.2) is 4.98 Å². The zero-order valence-electron chi connectivity index (χ0n) is 14.9. The van der Waals surface area contributed by atoms with Crippen molar-refractivity contribution in [2.75, 3.05) is 0 Å². The molecule has 1 aromatic carbocycles. The maximum Gasteiger partial charge on any atom is 0.262 e. The molecular weight excluding hydrogens is 360 g/mol. The third-order valence-electron chi connectivity index (χ3n) is 5.30. The highest BCUT2D eigenvalue weighted by Crippen LogP contribution is 2.35. The molecular formula is C21H18N2O3S. The smallest absolute Gasteiger partial charge is 0.262 e. The van der Waals surface area contributed by atoms with Crippen molar-refractivity contribution in [3.05, 3.63) is 63.2 Å². The van der Waals surface area contributed by atoms with Crippen LogP contribution in [0, 0.1) is 5.92 Å². The Morgan fingerprint density at radius 3 is 3.07 bits per heavy atom. The largest absolute Gasteiger partial charge is 0.453 e. The average molecular weight is 378 g/mol. The van der Waals surface area contributed by atoms with Crippen LogP contribution in [0.25, 0.3) is 21.2 Å². The first-order chi connectivity index (χ1) is 13.1. The van der Waals surface area contributed by atoms with E-state index in [0.29, 0.717) is 16.9 Å². The number of rotatable bonds is 3. The number of fused-ring (bicyclic) bond motifs is 4. The molecule has 0 saturated carbocycles. The van der Waals surface area contributed by atoms with Gasteiger partial charge in [-0.1, -0.05) is 25.1 Å². The molecule has 1 aliphatic carbocycles. The first-order valence-corrected chi connectivity index (χ1v) is 9.93. The van der Waals surface area contributed by atoms with E-state index in [1.165, 1.54) is 15.8 Å². The Hall–Kier alpha value is -2.73. The van der Waals surface area contributed by atoms with Crippen LogP contribution in [0.15, 0.2) is 45.9 Å². The summed E-state index contributed by atoms with van der Waals surface area (Å²) in [6.07, 6.45) is 4.49. The molecule has 0 N–H and O–H groups in total. The Bertz CT molecular complexity index is 1210. The predicted octanol–water partition coefficient (Wildman–Crippen LogP) is 4.21. The van der Waals surface area contributed by atoms with Crippen molar-refractivity contribution in [2.24, 2.45) is 5.92 Å². The molecule has 1 aliphatic rings. The van der Waals surface area contributed by atoms with E-state index in [1.54, 1.807) is 17.4 Å². The van der Waals surface area contributed by atoms with Crippen LogP contribution in [0.1, 0.15) is 34.3 Å². The second-order valence-corrected chi connectivity index (χ2v) is 8.36. The van der Waals surface area contributed by atoms with Gasteiger partial charge < -0.3 is 4.42 Å². The van der Waals surface area contributed by atoms with Gasteiger partial charge in [0.2, 0.25) is 5.78 Å². The molecule has 0 bridgehead atoms. The maximum absolute atomic E-state index is 13.0. The fourth-order valence-corrected chi connectivity index (χ4v) is 5.17. The first kappa shape index (κ1) is 16.4. The van der Waals surface area contributed by atoms with Crippen LogP contribution in [0.5, 0.6) is 0 Å². The van der Waals surface area contributed by atoms with Crippen LogP contribution in [0.3, 0.4) is 0 Å². The molecule has 136 valence electrons. The number of benzene rings is 1. The molecule has 0 radical (unpaired) electrons. The number of thiophene rings is 1. The van der Waals surface area contributed by atoms with Crippen molar-refractivity contribution in [3.63, 3.8) is 0 Å². The Balaban J connectivity index is 1.52. The highest BCUT2D eigenvalue weighted by molar-refractivity contribution is 7.18. The summed E-state index contributed by atoms with van der Waals surface area (Å²) in [7, 11) is 0. The third-order valence-corrected chi connectivity index (χ3v) is 6.46. The number of ketones is 1. The van der Waals surface area contributed by atoms with Gasteiger partial charge in [-0.3, -0.25) is 14.2 Å². The zero-order chi connectivity index (χ0) is 18.5. The van der Waals surface area contributed by atoms with Gasteiger partial charge in [-0.2, -0.15) is 0 Å². The molecule has 0 spiro atoms. The molecule has 4 aromatic rings. The van der Waals surface area contributed by atoms with Crippen molar-refractivity contribution < 1.29 is 9.21 Å². The standard InChI is InChI=1S/C21H18N2O3S/c1-12-6-7-14-18(8-12)27-20-19(14)21(25)23(11-22-20)10-15(24)17-9-13-4-2-3-5-16(13)26-17/h2-5,9,11-12H,6-8,10H2,1H3/t12-/m0/s1.